The number of aromatic nitrogens is 1. The van der Waals surface area contributed by atoms with Gasteiger partial charge < -0.3 is 15.3 Å². The molecular formula is C10H11NO5. The Morgan fingerprint density at radius 3 is 2.50 bits per heavy atom. The summed E-state index contributed by atoms with van der Waals surface area (Å²) in [4.78, 5) is 25.1. The maximum atomic E-state index is 10.8. The largest absolute Gasteiger partial charge is 0.481 e. The van der Waals surface area contributed by atoms with Crippen LogP contribution in [0.4, 0.5) is 0 Å². The lowest BCUT2D eigenvalue weighted by Gasteiger charge is -2.21. The van der Waals surface area contributed by atoms with Gasteiger partial charge in [-0.3, -0.25) is 9.78 Å². The zero-order chi connectivity index (χ0) is 12.2. The monoisotopic (exact) mass is 225 g/mol. The van der Waals surface area contributed by atoms with Gasteiger partial charge in [0.2, 0.25) is 0 Å². The molecule has 0 bridgehead atoms. The molecule has 1 rings (SSSR count). The summed E-state index contributed by atoms with van der Waals surface area (Å²) in [7, 11) is 0. The Morgan fingerprint density at radius 1 is 1.38 bits per heavy atom. The van der Waals surface area contributed by atoms with Gasteiger partial charge in [-0.05, 0) is 11.6 Å². The van der Waals surface area contributed by atoms with Gasteiger partial charge in [0.1, 0.15) is 0 Å². The third kappa shape index (κ3) is 3.03. The number of rotatable bonds is 5. The number of carbonyl (C=O) groups is 2. The summed E-state index contributed by atoms with van der Waals surface area (Å²) >= 11 is 0. The molecule has 0 spiro atoms. The molecular weight excluding hydrogens is 214 g/mol. The van der Waals surface area contributed by atoms with Crippen molar-refractivity contribution in [2.75, 3.05) is 0 Å². The smallest absolute Gasteiger partial charge is 0.336 e. The van der Waals surface area contributed by atoms with Gasteiger partial charge in [0.05, 0.1) is 6.42 Å². The van der Waals surface area contributed by atoms with E-state index in [1.54, 1.807) is 12.1 Å². The summed E-state index contributed by atoms with van der Waals surface area (Å²) in [5.41, 5.74) is -1.83. The number of carboxylic acid groups (broad SMARTS) is 2. The number of hydrogen-bond acceptors (Lipinski definition) is 4. The Labute approximate surface area is 91.2 Å². The van der Waals surface area contributed by atoms with Crippen molar-refractivity contribution in [2.24, 2.45) is 0 Å². The zero-order valence-electron chi connectivity index (χ0n) is 8.33. The van der Waals surface area contributed by atoms with Crippen molar-refractivity contribution in [3.63, 3.8) is 0 Å². The molecule has 1 aromatic heterocycles. The summed E-state index contributed by atoms with van der Waals surface area (Å²) in [6.07, 6.45) is 1.75. The molecule has 0 aliphatic heterocycles. The lowest BCUT2D eigenvalue weighted by molar-refractivity contribution is -0.165. The summed E-state index contributed by atoms with van der Waals surface area (Å²) in [6.45, 7) is 0. The predicted molar refractivity (Wildman–Crippen MR) is 52.8 cm³/mol. The minimum atomic E-state index is -2.30. The molecule has 1 aromatic rings. The van der Waals surface area contributed by atoms with Crippen LogP contribution in [-0.4, -0.2) is 37.8 Å². The Balaban J connectivity index is 2.87. The Morgan fingerprint density at radius 2 is 2.06 bits per heavy atom. The standard InChI is InChI=1S/C10H11NO5/c12-8(13)5-10(16,9(14)15)4-7-2-1-3-11-6-7/h1-3,6,16H,4-5H2,(H,12,13)(H,14,15). The Hall–Kier alpha value is -1.95. The van der Waals surface area contributed by atoms with E-state index in [1.807, 2.05) is 0 Å². The molecule has 0 aliphatic rings. The van der Waals surface area contributed by atoms with Crippen molar-refractivity contribution in [3.8, 4) is 0 Å². The van der Waals surface area contributed by atoms with Gasteiger partial charge in [-0.2, -0.15) is 0 Å². The molecule has 0 saturated heterocycles. The van der Waals surface area contributed by atoms with E-state index in [0.29, 0.717) is 5.56 Å². The van der Waals surface area contributed by atoms with Gasteiger partial charge in [-0.25, -0.2) is 4.79 Å². The van der Waals surface area contributed by atoms with Crippen LogP contribution in [-0.2, 0) is 16.0 Å². The van der Waals surface area contributed by atoms with Crippen LogP contribution in [0.5, 0.6) is 0 Å². The topological polar surface area (TPSA) is 108 Å². The molecule has 16 heavy (non-hydrogen) atoms. The molecule has 1 atom stereocenters. The number of hydrogen-bond donors (Lipinski definition) is 3. The maximum Gasteiger partial charge on any atom is 0.336 e. The first-order chi connectivity index (χ1) is 7.44. The van der Waals surface area contributed by atoms with Gasteiger partial charge in [0.15, 0.2) is 5.60 Å². The summed E-state index contributed by atoms with van der Waals surface area (Å²) < 4.78 is 0. The molecule has 0 amide bonds. The van der Waals surface area contributed by atoms with Crippen molar-refractivity contribution in [2.45, 2.75) is 18.4 Å². The first-order valence-electron chi connectivity index (χ1n) is 4.50. The highest BCUT2D eigenvalue weighted by Gasteiger charge is 2.38. The molecule has 0 fully saturated rings. The van der Waals surface area contributed by atoms with E-state index in [4.69, 9.17) is 10.2 Å². The third-order valence-electron chi connectivity index (χ3n) is 2.06. The van der Waals surface area contributed by atoms with Gasteiger partial charge in [0.25, 0.3) is 0 Å². The molecule has 6 nitrogen and oxygen atoms in total. The van der Waals surface area contributed by atoms with Crippen LogP contribution in [0.25, 0.3) is 0 Å². The second-order valence-electron chi connectivity index (χ2n) is 3.45. The van der Waals surface area contributed by atoms with E-state index in [-0.39, 0.29) is 6.42 Å². The SMILES string of the molecule is O=C(O)CC(O)(Cc1cccnc1)C(=O)O. The Kier molecular flexibility index (Phi) is 3.57. The molecule has 1 heterocycles. The number of aliphatic carboxylic acids is 2. The minimum Gasteiger partial charge on any atom is -0.481 e. The molecule has 0 aromatic carbocycles. The van der Waals surface area contributed by atoms with Crippen molar-refractivity contribution >= 4 is 11.9 Å². The van der Waals surface area contributed by atoms with Crippen LogP contribution >= 0.6 is 0 Å². The molecule has 0 aliphatic carbocycles. The average molecular weight is 225 g/mol. The molecule has 0 saturated carbocycles. The maximum absolute atomic E-state index is 10.8. The van der Waals surface area contributed by atoms with Crippen LogP contribution in [0, 0.1) is 0 Å². The minimum absolute atomic E-state index is 0.289. The van der Waals surface area contributed by atoms with Crippen LogP contribution in [0.2, 0.25) is 0 Å². The van der Waals surface area contributed by atoms with E-state index < -0.39 is 24.0 Å². The lowest BCUT2D eigenvalue weighted by atomic mass is 9.92. The molecule has 1 unspecified atom stereocenters. The molecule has 0 radical (unpaired) electrons. The second kappa shape index (κ2) is 4.71. The quantitative estimate of drug-likeness (QED) is 0.646. The highest BCUT2D eigenvalue weighted by Crippen LogP contribution is 2.17. The molecule has 6 heteroatoms. The fraction of sp³-hybridized carbons (Fsp3) is 0.300. The normalized spacial score (nSPS) is 14.1. The van der Waals surface area contributed by atoms with Crippen LogP contribution in [0.3, 0.4) is 0 Å². The second-order valence-corrected chi connectivity index (χ2v) is 3.45. The lowest BCUT2D eigenvalue weighted by Crippen LogP contribution is -2.42. The Bertz CT molecular complexity index is 391. The van der Waals surface area contributed by atoms with Crippen molar-refractivity contribution in [1.29, 1.82) is 0 Å². The third-order valence-corrected chi connectivity index (χ3v) is 2.06. The van der Waals surface area contributed by atoms with Gasteiger partial charge in [0, 0.05) is 18.8 Å². The first-order valence-corrected chi connectivity index (χ1v) is 4.50. The van der Waals surface area contributed by atoms with Crippen LogP contribution < -0.4 is 0 Å². The van der Waals surface area contributed by atoms with E-state index in [2.05, 4.69) is 4.98 Å². The van der Waals surface area contributed by atoms with E-state index in [9.17, 15) is 14.7 Å². The van der Waals surface area contributed by atoms with E-state index in [0.717, 1.165) is 0 Å². The fourth-order valence-electron chi connectivity index (χ4n) is 1.30. The van der Waals surface area contributed by atoms with Crippen molar-refractivity contribution < 1.29 is 24.9 Å². The number of carboxylic acids is 2. The van der Waals surface area contributed by atoms with Gasteiger partial charge in [-0.1, -0.05) is 6.07 Å². The highest BCUT2D eigenvalue weighted by atomic mass is 16.4. The fourth-order valence-corrected chi connectivity index (χ4v) is 1.30. The average Bonchev–Trinajstić information content (AvgIpc) is 2.17. The summed E-state index contributed by atoms with van der Waals surface area (Å²) in [5.74, 6) is -2.92. The number of aliphatic hydroxyl groups is 1. The summed E-state index contributed by atoms with van der Waals surface area (Å²) in [6, 6.07) is 3.15. The predicted octanol–water partition coefficient (Wildman–Crippen LogP) is -0.0855. The number of pyridine rings is 1. The van der Waals surface area contributed by atoms with Crippen LogP contribution in [0.15, 0.2) is 24.5 Å². The van der Waals surface area contributed by atoms with E-state index >= 15 is 0 Å². The summed E-state index contributed by atoms with van der Waals surface area (Å²) in [5, 5.41) is 27.1. The van der Waals surface area contributed by atoms with E-state index in [1.165, 1.54) is 12.4 Å². The van der Waals surface area contributed by atoms with Crippen molar-refractivity contribution in [1.82, 2.24) is 4.98 Å². The zero-order valence-corrected chi connectivity index (χ0v) is 8.33. The first kappa shape index (κ1) is 12.1. The van der Waals surface area contributed by atoms with Gasteiger partial charge >= 0.3 is 11.9 Å². The highest BCUT2D eigenvalue weighted by molar-refractivity contribution is 5.83. The molecule has 3 N–H and O–H groups in total. The van der Waals surface area contributed by atoms with Crippen molar-refractivity contribution in [3.05, 3.63) is 30.1 Å². The van der Waals surface area contributed by atoms with Crippen LogP contribution in [0.1, 0.15) is 12.0 Å². The molecule has 86 valence electrons. The van der Waals surface area contributed by atoms with Gasteiger partial charge in [-0.15, -0.1) is 0 Å². The number of nitrogens with zero attached hydrogens (tertiary/aromatic N) is 1.